The molecule has 0 aromatic heterocycles. The molecule has 0 aliphatic rings. The highest BCUT2D eigenvalue weighted by Crippen LogP contribution is 2.21. The molecule has 0 unspecified atom stereocenters. The highest BCUT2D eigenvalue weighted by molar-refractivity contribution is 5.81. The lowest BCUT2D eigenvalue weighted by molar-refractivity contribution is -0.119. The van der Waals surface area contributed by atoms with Crippen molar-refractivity contribution in [2.75, 3.05) is 39.2 Å². The van der Waals surface area contributed by atoms with Crippen LogP contribution in [-0.4, -0.2) is 39.8 Å². The Kier molecular flexibility index (Phi) is 6.19. The Morgan fingerprint density at radius 2 is 2.21 bits per heavy atom. The highest BCUT2D eigenvalue weighted by atomic mass is 16.5. The fourth-order valence-corrected chi connectivity index (χ4v) is 1.42. The summed E-state index contributed by atoms with van der Waals surface area (Å²) in [5.74, 6) is 0.463. The summed E-state index contributed by atoms with van der Waals surface area (Å²) in [5.41, 5.74) is 1.04. The van der Waals surface area contributed by atoms with Crippen molar-refractivity contribution in [1.29, 1.82) is 5.26 Å². The van der Waals surface area contributed by atoms with Gasteiger partial charge in [0.2, 0.25) is 5.91 Å². The van der Waals surface area contributed by atoms with Gasteiger partial charge in [-0.3, -0.25) is 4.79 Å². The molecule has 1 rings (SSSR count). The van der Waals surface area contributed by atoms with Gasteiger partial charge in [-0.15, -0.1) is 0 Å². The molecule has 6 nitrogen and oxygen atoms in total. The summed E-state index contributed by atoms with van der Waals surface area (Å²) in [7, 11) is 3.11. The third kappa shape index (κ3) is 4.85. The van der Waals surface area contributed by atoms with Crippen LogP contribution in [0.5, 0.6) is 5.75 Å². The van der Waals surface area contributed by atoms with E-state index in [1.807, 2.05) is 0 Å². The SMILES string of the molecule is COCCNC(=O)CNc1cc(OC)ccc1C#N. The summed E-state index contributed by atoms with van der Waals surface area (Å²) < 4.78 is 9.90. The molecule has 6 heteroatoms. The summed E-state index contributed by atoms with van der Waals surface area (Å²) >= 11 is 0. The fourth-order valence-electron chi connectivity index (χ4n) is 1.42. The first kappa shape index (κ1) is 14.8. The number of carbonyl (C=O) groups excluding carboxylic acids is 1. The van der Waals surface area contributed by atoms with Crippen LogP contribution < -0.4 is 15.4 Å². The van der Waals surface area contributed by atoms with Gasteiger partial charge >= 0.3 is 0 Å². The maximum Gasteiger partial charge on any atom is 0.239 e. The Hall–Kier alpha value is -2.26. The molecule has 0 aliphatic carbocycles. The fraction of sp³-hybridized carbons (Fsp3) is 0.385. The number of methoxy groups -OCH3 is 2. The van der Waals surface area contributed by atoms with Crippen LogP contribution in [0.3, 0.4) is 0 Å². The third-order valence-corrected chi connectivity index (χ3v) is 2.41. The van der Waals surface area contributed by atoms with Crippen LogP contribution in [0.2, 0.25) is 0 Å². The van der Waals surface area contributed by atoms with Gasteiger partial charge in [-0.1, -0.05) is 0 Å². The van der Waals surface area contributed by atoms with Crippen LogP contribution >= 0.6 is 0 Å². The van der Waals surface area contributed by atoms with Crippen molar-refractivity contribution in [3.8, 4) is 11.8 Å². The summed E-state index contributed by atoms with van der Waals surface area (Å²) in [4.78, 5) is 11.5. The van der Waals surface area contributed by atoms with Gasteiger partial charge in [0.05, 0.1) is 31.5 Å². The molecule has 0 heterocycles. The van der Waals surface area contributed by atoms with Gasteiger partial charge in [0, 0.05) is 19.7 Å². The largest absolute Gasteiger partial charge is 0.497 e. The normalized spacial score (nSPS) is 9.53. The molecular formula is C13H17N3O3. The molecule has 102 valence electrons. The first-order valence-corrected chi connectivity index (χ1v) is 5.79. The smallest absolute Gasteiger partial charge is 0.239 e. The first-order chi connectivity index (χ1) is 9.21. The van der Waals surface area contributed by atoms with E-state index in [1.54, 1.807) is 32.4 Å². The van der Waals surface area contributed by atoms with Crippen LogP contribution in [0.15, 0.2) is 18.2 Å². The number of hydrogen-bond acceptors (Lipinski definition) is 5. The Bertz CT molecular complexity index is 469. The summed E-state index contributed by atoms with van der Waals surface area (Å²) in [6.45, 7) is 1.01. The third-order valence-electron chi connectivity index (χ3n) is 2.41. The van der Waals surface area contributed by atoms with E-state index in [2.05, 4.69) is 16.7 Å². The lowest BCUT2D eigenvalue weighted by atomic mass is 10.2. The maximum absolute atomic E-state index is 11.5. The van der Waals surface area contributed by atoms with E-state index >= 15 is 0 Å². The van der Waals surface area contributed by atoms with E-state index in [4.69, 9.17) is 14.7 Å². The van der Waals surface area contributed by atoms with Gasteiger partial charge in [-0.2, -0.15) is 5.26 Å². The van der Waals surface area contributed by atoms with Gasteiger partial charge in [0.1, 0.15) is 11.8 Å². The second-order valence-electron chi connectivity index (χ2n) is 3.72. The van der Waals surface area contributed by atoms with E-state index in [0.717, 1.165) is 0 Å². The van der Waals surface area contributed by atoms with Crippen LogP contribution in [-0.2, 0) is 9.53 Å². The lowest BCUT2D eigenvalue weighted by Crippen LogP contribution is -2.32. The molecule has 0 saturated heterocycles. The Morgan fingerprint density at radius 1 is 1.42 bits per heavy atom. The molecule has 1 aromatic rings. The van der Waals surface area contributed by atoms with Crippen LogP contribution in [0.25, 0.3) is 0 Å². The van der Waals surface area contributed by atoms with Crippen LogP contribution in [0.4, 0.5) is 5.69 Å². The number of ether oxygens (including phenoxy) is 2. The second-order valence-corrected chi connectivity index (χ2v) is 3.72. The van der Waals surface area contributed by atoms with E-state index in [1.165, 1.54) is 0 Å². The molecule has 2 N–H and O–H groups in total. The van der Waals surface area contributed by atoms with E-state index in [9.17, 15) is 4.79 Å². The zero-order valence-electron chi connectivity index (χ0n) is 11.0. The molecule has 0 atom stereocenters. The highest BCUT2D eigenvalue weighted by Gasteiger charge is 2.06. The number of hydrogen-bond donors (Lipinski definition) is 2. The molecule has 0 spiro atoms. The molecule has 0 radical (unpaired) electrons. The Labute approximate surface area is 112 Å². The van der Waals surface area contributed by atoms with Gasteiger partial charge in [-0.25, -0.2) is 0 Å². The van der Waals surface area contributed by atoms with Crippen molar-refractivity contribution in [1.82, 2.24) is 5.32 Å². The summed E-state index contributed by atoms with van der Waals surface area (Å²) in [5, 5.41) is 14.6. The van der Waals surface area contributed by atoms with E-state index in [0.29, 0.717) is 30.2 Å². The molecule has 19 heavy (non-hydrogen) atoms. The van der Waals surface area contributed by atoms with Crippen molar-refractivity contribution < 1.29 is 14.3 Å². The molecule has 0 saturated carbocycles. The molecule has 1 amide bonds. The predicted molar refractivity (Wildman–Crippen MR) is 71.1 cm³/mol. The van der Waals surface area contributed by atoms with Gasteiger partial charge < -0.3 is 20.1 Å². The quantitative estimate of drug-likeness (QED) is 0.709. The zero-order valence-corrected chi connectivity index (χ0v) is 11.0. The predicted octanol–water partition coefficient (Wildman–Crippen LogP) is 0.741. The minimum absolute atomic E-state index is 0.0889. The topological polar surface area (TPSA) is 83.4 Å². The molecular weight excluding hydrogens is 246 g/mol. The Morgan fingerprint density at radius 3 is 2.84 bits per heavy atom. The number of rotatable bonds is 7. The van der Waals surface area contributed by atoms with Gasteiger partial charge in [0.25, 0.3) is 0 Å². The number of anilines is 1. The molecule has 1 aromatic carbocycles. The van der Waals surface area contributed by atoms with E-state index in [-0.39, 0.29) is 12.5 Å². The van der Waals surface area contributed by atoms with Crippen molar-refractivity contribution in [3.05, 3.63) is 23.8 Å². The minimum atomic E-state index is -0.163. The molecule has 0 fully saturated rings. The number of carbonyl (C=O) groups is 1. The van der Waals surface area contributed by atoms with Gasteiger partial charge in [0.15, 0.2) is 0 Å². The first-order valence-electron chi connectivity index (χ1n) is 5.79. The molecule has 0 aliphatic heterocycles. The van der Waals surface area contributed by atoms with Crippen molar-refractivity contribution in [3.63, 3.8) is 0 Å². The van der Waals surface area contributed by atoms with Gasteiger partial charge in [-0.05, 0) is 12.1 Å². The zero-order chi connectivity index (χ0) is 14.1. The molecule has 0 bridgehead atoms. The van der Waals surface area contributed by atoms with Crippen molar-refractivity contribution in [2.24, 2.45) is 0 Å². The number of benzene rings is 1. The van der Waals surface area contributed by atoms with Crippen LogP contribution in [0.1, 0.15) is 5.56 Å². The summed E-state index contributed by atoms with van der Waals surface area (Å²) in [6.07, 6.45) is 0. The average Bonchev–Trinajstić information content (AvgIpc) is 2.45. The Balaban J connectivity index is 2.56. The van der Waals surface area contributed by atoms with E-state index < -0.39 is 0 Å². The number of nitriles is 1. The van der Waals surface area contributed by atoms with Crippen LogP contribution in [0, 0.1) is 11.3 Å². The minimum Gasteiger partial charge on any atom is -0.497 e. The van der Waals surface area contributed by atoms with Crippen molar-refractivity contribution in [2.45, 2.75) is 0 Å². The number of nitrogens with one attached hydrogen (secondary N) is 2. The standard InChI is InChI=1S/C13H17N3O3/c1-18-6-5-15-13(17)9-16-12-7-11(19-2)4-3-10(12)8-14/h3-4,7,16H,5-6,9H2,1-2H3,(H,15,17). The number of nitrogens with zero attached hydrogens (tertiary/aromatic N) is 1. The number of amides is 1. The lowest BCUT2D eigenvalue weighted by Gasteiger charge is -2.10. The second kappa shape index (κ2) is 7.95. The monoisotopic (exact) mass is 263 g/mol. The summed E-state index contributed by atoms with van der Waals surface area (Å²) in [6, 6.07) is 7.07. The van der Waals surface area contributed by atoms with Crippen molar-refractivity contribution >= 4 is 11.6 Å². The maximum atomic E-state index is 11.5. The average molecular weight is 263 g/mol.